The first-order valence-electron chi connectivity index (χ1n) is 5.85. The fourth-order valence-electron chi connectivity index (χ4n) is 2.30. The van der Waals surface area contributed by atoms with Gasteiger partial charge in [-0.05, 0) is 33.1 Å². The molecular formula is C12H25O2P. The van der Waals surface area contributed by atoms with Crippen LogP contribution < -0.4 is 0 Å². The summed E-state index contributed by atoms with van der Waals surface area (Å²) in [6, 6.07) is 0. The lowest BCUT2D eigenvalue weighted by atomic mass is 9.86. The minimum absolute atomic E-state index is 0.129. The highest BCUT2D eigenvalue weighted by Gasteiger charge is 2.35. The van der Waals surface area contributed by atoms with E-state index in [2.05, 4.69) is 27.7 Å². The van der Waals surface area contributed by atoms with Crippen molar-refractivity contribution in [1.29, 1.82) is 0 Å². The first-order valence-corrected chi connectivity index (χ1v) is 6.66. The van der Waals surface area contributed by atoms with Crippen molar-refractivity contribution in [2.75, 3.05) is 7.11 Å². The van der Waals surface area contributed by atoms with Crippen molar-refractivity contribution in [2.24, 2.45) is 0 Å². The second-order valence-corrected chi connectivity index (χ2v) is 6.18. The van der Waals surface area contributed by atoms with Gasteiger partial charge in [-0.1, -0.05) is 26.7 Å². The fourth-order valence-corrected chi connectivity index (χ4v) is 3.02. The average molecular weight is 232 g/mol. The van der Waals surface area contributed by atoms with E-state index in [-0.39, 0.29) is 19.2 Å². The molecule has 90 valence electrons. The standard InChI is InChI=1S/C12H25O2P/c1-6-8-11(3,14-5)10-12(4,15-13)9-7-2/h6-10H2,1-5H3. The van der Waals surface area contributed by atoms with E-state index in [9.17, 15) is 4.57 Å². The van der Waals surface area contributed by atoms with Crippen molar-refractivity contribution < 1.29 is 9.30 Å². The molecule has 0 saturated carbocycles. The van der Waals surface area contributed by atoms with Gasteiger partial charge in [0.25, 0.3) is 0 Å². The van der Waals surface area contributed by atoms with Crippen LogP contribution >= 0.6 is 8.46 Å². The number of rotatable bonds is 8. The zero-order chi connectivity index (χ0) is 11.9. The summed E-state index contributed by atoms with van der Waals surface area (Å²) in [5.41, 5.74) is -0.129. The Hall–Kier alpha value is 0.0600. The van der Waals surface area contributed by atoms with E-state index in [1.165, 1.54) is 0 Å². The Labute approximate surface area is 96.0 Å². The molecule has 0 aromatic heterocycles. The summed E-state index contributed by atoms with van der Waals surface area (Å²) >= 11 is 0. The first kappa shape index (κ1) is 15.1. The smallest absolute Gasteiger partial charge is 0.161 e. The van der Waals surface area contributed by atoms with Crippen LogP contribution in [-0.2, 0) is 9.30 Å². The van der Waals surface area contributed by atoms with Crippen molar-refractivity contribution in [3.8, 4) is 0 Å². The molecule has 0 heterocycles. The molecule has 0 aliphatic heterocycles. The van der Waals surface area contributed by atoms with Gasteiger partial charge in [-0.3, -0.25) is 4.57 Å². The Morgan fingerprint density at radius 1 is 1.13 bits per heavy atom. The third-order valence-electron chi connectivity index (χ3n) is 3.04. The van der Waals surface area contributed by atoms with Gasteiger partial charge in [-0.25, -0.2) is 0 Å². The molecule has 0 fully saturated rings. The zero-order valence-electron chi connectivity index (χ0n) is 10.8. The summed E-state index contributed by atoms with van der Waals surface area (Å²) in [7, 11) is 2.00. The molecule has 0 aliphatic rings. The van der Waals surface area contributed by atoms with Crippen LogP contribution in [-0.4, -0.2) is 17.9 Å². The van der Waals surface area contributed by atoms with E-state index in [1.807, 2.05) is 0 Å². The molecule has 0 spiro atoms. The summed E-state index contributed by atoms with van der Waals surface area (Å²) < 4.78 is 16.8. The lowest BCUT2D eigenvalue weighted by Gasteiger charge is -2.35. The highest BCUT2D eigenvalue weighted by atomic mass is 31.1. The highest BCUT2D eigenvalue weighted by molar-refractivity contribution is 7.26. The molecule has 0 radical (unpaired) electrons. The van der Waals surface area contributed by atoms with Crippen molar-refractivity contribution >= 4 is 8.46 Å². The van der Waals surface area contributed by atoms with Gasteiger partial charge in [0, 0.05) is 7.11 Å². The van der Waals surface area contributed by atoms with Crippen molar-refractivity contribution in [2.45, 2.75) is 70.6 Å². The molecule has 2 atom stereocenters. The van der Waals surface area contributed by atoms with Crippen molar-refractivity contribution in [3.63, 3.8) is 0 Å². The molecule has 15 heavy (non-hydrogen) atoms. The van der Waals surface area contributed by atoms with E-state index in [0.717, 1.165) is 32.1 Å². The molecule has 0 aliphatic carbocycles. The van der Waals surface area contributed by atoms with E-state index < -0.39 is 0 Å². The Balaban J connectivity index is 4.54. The van der Waals surface area contributed by atoms with Gasteiger partial charge in [-0.15, -0.1) is 0 Å². The molecule has 2 unspecified atom stereocenters. The lowest BCUT2D eigenvalue weighted by molar-refractivity contribution is -0.0168. The first-order chi connectivity index (χ1) is 6.95. The Morgan fingerprint density at radius 2 is 1.67 bits per heavy atom. The predicted molar refractivity (Wildman–Crippen MR) is 65.9 cm³/mol. The monoisotopic (exact) mass is 232 g/mol. The molecule has 0 bridgehead atoms. The van der Waals surface area contributed by atoms with Crippen molar-refractivity contribution in [1.82, 2.24) is 0 Å². The maximum absolute atomic E-state index is 11.3. The second kappa shape index (κ2) is 6.60. The molecule has 0 rings (SSSR count). The number of hydrogen-bond donors (Lipinski definition) is 0. The van der Waals surface area contributed by atoms with Crippen LogP contribution in [0.3, 0.4) is 0 Å². The van der Waals surface area contributed by atoms with Crippen LogP contribution in [0, 0.1) is 0 Å². The molecule has 0 saturated heterocycles. The van der Waals surface area contributed by atoms with Gasteiger partial charge in [0.2, 0.25) is 0 Å². The molecule has 0 N–H and O–H groups in total. The maximum atomic E-state index is 11.3. The van der Waals surface area contributed by atoms with Gasteiger partial charge in [0.15, 0.2) is 8.46 Å². The van der Waals surface area contributed by atoms with Crippen LogP contribution in [0.25, 0.3) is 0 Å². The van der Waals surface area contributed by atoms with Crippen LogP contribution in [0.1, 0.15) is 59.8 Å². The molecule has 0 amide bonds. The van der Waals surface area contributed by atoms with Gasteiger partial charge >= 0.3 is 0 Å². The zero-order valence-corrected chi connectivity index (χ0v) is 11.7. The summed E-state index contributed by atoms with van der Waals surface area (Å²) in [5.74, 6) is 0. The van der Waals surface area contributed by atoms with E-state index in [4.69, 9.17) is 4.74 Å². The summed E-state index contributed by atoms with van der Waals surface area (Å²) in [4.78, 5) is 0. The molecule has 0 aromatic rings. The number of ether oxygens (including phenoxy) is 1. The lowest BCUT2D eigenvalue weighted by Crippen LogP contribution is -2.35. The van der Waals surface area contributed by atoms with Crippen LogP contribution in [0.5, 0.6) is 0 Å². The normalized spacial score (nSPS) is 19.8. The summed E-state index contributed by atoms with van der Waals surface area (Å²) in [6.45, 7) is 8.49. The summed E-state index contributed by atoms with van der Waals surface area (Å²) in [6.07, 6.45) is 5.04. The number of methoxy groups -OCH3 is 1. The minimum atomic E-state index is -0.130. The van der Waals surface area contributed by atoms with E-state index in [0.29, 0.717) is 0 Å². The van der Waals surface area contributed by atoms with Crippen LogP contribution in [0.15, 0.2) is 0 Å². The third kappa shape index (κ3) is 5.08. The van der Waals surface area contributed by atoms with Gasteiger partial charge < -0.3 is 4.74 Å². The quantitative estimate of drug-likeness (QED) is 0.578. The SMILES string of the molecule is CCCC(C)(CC(C)(CCC)P=O)OC. The van der Waals surface area contributed by atoms with Gasteiger partial charge in [0.05, 0.1) is 10.8 Å². The Morgan fingerprint density at radius 3 is 2.00 bits per heavy atom. The Bertz CT molecular complexity index is 196. The predicted octanol–water partition coefficient (Wildman–Crippen LogP) is 4.43. The van der Waals surface area contributed by atoms with Crippen LogP contribution in [0.4, 0.5) is 0 Å². The molecule has 0 aromatic carbocycles. The van der Waals surface area contributed by atoms with Gasteiger partial charge in [-0.2, -0.15) is 0 Å². The maximum Gasteiger partial charge on any atom is 0.161 e. The van der Waals surface area contributed by atoms with Crippen molar-refractivity contribution in [3.05, 3.63) is 0 Å². The molecule has 2 nitrogen and oxygen atoms in total. The second-order valence-electron chi connectivity index (χ2n) is 4.92. The topological polar surface area (TPSA) is 26.3 Å². The minimum Gasteiger partial charge on any atom is -0.378 e. The highest BCUT2D eigenvalue weighted by Crippen LogP contribution is 2.39. The van der Waals surface area contributed by atoms with E-state index >= 15 is 0 Å². The largest absolute Gasteiger partial charge is 0.378 e. The van der Waals surface area contributed by atoms with Gasteiger partial charge in [0.1, 0.15) is 0 Å². The fraction of sp³-hybridized carbons (Fsp3) is 1.00. The van der Waals surface area contributed by atoms with E-state index in [1.54, 1.807) is 7.11 Å². The molecular weight excluding hydrogens is 207 g/mol. The molecule has 3 heteroatoms. The average Bonchev–Trinajstić information content (AvgIpc) is 2.18. The Kier molecular flexibility index (Phi) is 6.63. The van der Waals surface area contributed by atoms with Crippen LogP contribution in [0.2, 0.25) is 0 Å². The number of hydrogen-bond acceptors (Lipinski definition) is 2. The summed E-state index contributed by atoms with van der Waals surface area (Å²) in [5, 5.41) is -0.130. The third-order valence-corrected chi connectivity index (χ3v) is 3.86.